The third-order valence-electron chi connectivity index (χ3n) is 5.49. The highest BCUT2D eigenvalue weighted by atomic mass is 16.2. The van der Waals surface area contributed by atoms with Crippen molar-refractivity contribution in [3.8, 4) is 0 Å². The Kier molecular flexibility index (Phi) is 5.34. The van der Waals surface area contributed by atoms with Gasteiger partial charge in [0.2, 0.25) is 11.8 Å². The highest BCUT2D eigenvalue weighted by Crippen LogP contribution is 2.22. The molecule has 2 amide bonds. The third-order valence-corrected chi connectivity index (χ3v) is 5.49. The number of hydrogen-bond donors (Lipinski definition) is 2. The van der Waals surface area contributed by atoms with Crippen molar-refractivity contribution in [2.24, 2.45) is 5.92 Å². The smallest absolute Gasteiger partial charge is 0.239 e. The summed E-state index contributed by atoms with van der Waals surface area (Å²) < 4.78 is 0. The van der Waals surface area contributed by atoms with Gasteiger partial charge in [-0.05, 0) is 45.1 Å². The summed E-state index contributed by atoms with van der Waals surface area (Å²) in [7, 11) is 0. The predicted octanol–water partition coefficient (Wildman–Crippen LogP) is 1.43. The van der Waals surface area contributed by atoms with Crippen molar-refractivity contribution < 1.29 is 9.59 Å². The highest BCUT2D eigenvalue weighted by Gasteiger charge is 2.32. The first-order valence-electron chi connectivity index (χ1n) is 9.06. The molecule has 0 spiro atoms. The zero-order chi connectivity index (χ0) is 15.4. The fraction of sp³-hybridized carbons (Fsp3) is 0.882. The Morgan fingerprint density at radius 3 is 2.27 bits per heavy atom. The van der Waals surface area contributed by atoms with Gasteiger partial charge in [-0.25, -0.2) is 0 Å². The quantitative estimate of drug-likeness (QED) is 0.829. The minimum atomic E-state index is 0.0209. The van der Waals surface area contributed by atoms with E-state index in [1.165, 1.54) is 19.3 Å². The van der Waals surface area contributed by atoms with Crippen molar-refractivity contribution in [2.75, 3.05) is 19.6 Å². The summed E-state index contributed by atoms with van der Waals surface area (Å²) in [5.74, 6) is 0.559. The van der Waals surface area contributed by atoms with Gasteiger partial charge in [-0.2, -0.15) is 0 Å². The summed E-state index contributed by atoms with van der Waals surface area (Å²) in [6.45, 7) is 2.43. The second-order valence-electron chi connectivity index (χ2n) is 7.09. The van der Waals surface area contributed by atoms with Gasteiger partial charge >= 0.3 is 0 Å². The molecule has 5 heteroatoms. The summed E-state index contributed by atoms with van der Waals surface area (Å²) in [6, 6.07) is 0.413. The lowest BCUT2D eigenvalue weighted by Gasteiger charge is -2.34. The maximum absolute atomic E-state index is 12.4. The summed E-state index contributed by atoms with van der Waals surface area (Å²) >= 11 is 0. The lowest BCUT2D eigenvalue weighted by molar-refractivity contribution is -0.137. The molecule has 1 unspecified atom stereocenters. The fourth-order valence-corrected chi connectivity index (χ4v) is 4.04. The molecule has 1 atom stereocenters. The van der Waals surface area contributed by atoms with E-state index in [4.69, 9.17) is 0 Å². The van der Waals surface area contributed by atoms with Crippen molar-refractivity contribution in [1.82, 2.24) is 15.5 Å². The largest absolute Gasteiger partial charge is 0.353 e. The van der Waals surface area contributed by atoms with Crippen molar-refractivity contribution in [3.05, 3.63) is 0 Å². The van der Waals surface area contributed by atoms with Crippen molar-refractivity contribution in [1.29, 1.82) is 0 Å². The van der Waals surface area contributed by atoms with E-state index in [9.17, 15) is 9.59 Å². The SMILES string of the molecule is O=C(NC1CCCCC1)C1CCN(C(=O)C2CCCN2)CC1. The zero-order valence-corrected chi connectivity index (χ0v) is 13.5. The minimum absolute atomic E-state index is 0.0209. The van der Waals surface area contributed by atoms with Crippen LogP contribution in [0.25, 0.3) is 0 Å². The Labute approximate surface area is 133 Å². The van der Waals surface area contributed by atoms with Gasteiger partial charge in [0.1, 0.15) is 0 Å². The van der Waals surface area contributed by atoms with Crippen LogP contribution >= 0.6 is 0 Å². The second-order valence-corrected chi connectivity index (χ2v) is 7.09. The van der Waals surface area contributed by atoms with Crippen molar-refractivity contribution in [2.45, 2.75) is 69.9 Å². The molecular weight excluding hydrogens is 278 g/mol. The molecule has 2 aliphatic heterocycles. The molecule has 22 heavy (non-hydrogen) atoms. The summed E-state index contributed by atoms with van der Waals surface area (Å²) in [5.41, 5.74) is 0. The molecule has 0 aromatic carbocycles. The molecule has 3 aliphatic rings. The maximum Gasteiger partial charge on any atom is 0.239 e. The summed E-state index contributed by atoms with van der Waals surface area (Å²) in [5, 5.41) is 6.50. The first kappa shape index (κ1) is 15.8. The average molecular weight is 307 g/mol. The maximum atomic E-state index is 12.4. The van der Waals surface area contributed by atoms with Gasteiger partial charge in [0.25, 0.3) is 0 Å². The number of nitrogens with zero attached hydrogens (tertiary/aromatic N) is 1. The van der Waals surface area contributed by atoms with Crippen LogP contribution in [0.1, 0.15) is 57.8 Å². The number of carbonyl (C=O) groups is 2. The Bertz CT molecular complexity index is 393. The van der Waals surface area contributed by atoms with E-state index in [1.54, 1.807) is 0 Å². The first-order valence-corrected chi connectivity index (χ1v) is 9.06. The molecule has 3 rings (SSSR count). The number of piperidine rings is 1. The van der Waals surface area contributed by atoms with E-state index in [0.29, 0.717) is 6.04 Å². The number of likely N-dealkylation sites (tertiary alicyclic amines) is 1. The number of nitrogens with one attached hydrogen (secondary N) is 2. The molecular formula is C17H29N3O2. The van der Waals surface area contributed by atoms with E-state index in [-0.39, 0.29) is 23.8 Å². The molecule has 0 aromatic rings. The minimum Gasteiger partial charge on any atom is -0.353 e. The van der Waals surface area contributed by atoms with Crippen LogP contribution in [0.5, 0.6) is 0 Å². The van der Waals surface area contributed by atoms with Gasteiger partial charge in [-0.1, -0.05) is 19.3 Å². The van der Waals surface area contributed by atoms with E-state index in [1.807, 2.05) is 4.90 Å². The van der Waals surface area contributed by atoms with E-state index >= 15 is 0 Å². The van der Waals surface area contributed by atoms with Crippen LogP contribution in [0.4, 0.5) is 0 Å². The molecule has 2 heterocycles. The molecule has 0 bridgehead atoms. The molecule has 1 saturated carbocycles. The first-order chi connectivity index (χ1) is 10.7. The second kappa shape index (κ2) is 7.44. The lowest BCUT2D eigenvalue weighted by Crippen LogP contribution is -2.49. The number of carbonyl (C=O) groups excluding carboxylic acids is 2. The zero-order valence-electron chi connectivity index (χ0n) is 13.5. The summed E-state index contributed by atoms with van der Waals surface area (Å²) in [4.78, 5) is 26.7. The van der Waals surface area contributed by atoms with E-state index in [2.05, 4.69) is 10.6 Å². The third kappa shape index (κ3) is 3.80. The van der Waals surface area contributed by atoms with Crippen LogP contribution in [0.3, 0.4) is 0 Å². The standard InChI is InChI=1S/C17H29N3O2/c21-16(19-14-5-2-1-3-6-14)13-8-11-20(12-9-13)17(22)15-7-4-10-18-15/h13-15,18H,1-12H2,(H,19,21). The van der Waals surface area contributed by atoms with Gasteiger partial charge in [0, 0.05) is 25.0 Å². The number of rotatable bonds is 3. The van der Waals surface area contributed by atoms with Crippen molar-refractivity contribution in [3.63, 3.8) is 0 Å². The molecule has 2 saturated heterocycles. The molecule has 1 aliphatic carbocycles. The van der Waals surface area contributed by atoms with E-state index in [0.717, 1.165) is 58.2 Å². The van der Waals surface area contributed by atoms with Gasteiger partial charge < -0.3 is 15.5 Å². The molecule has 3 fully saturated rings. The molecule has 5 nitrogen and oxygen atoms in total. The summed E-state index contributed by atoms with van der Waals surface area (Å²) in [6.07, 6.45) is 9.75. The van der Waals surface area contributed by atoms with Gasteiger partial charge in [-0.3, -0.25) is 9.59 Å². The Morgan fingerprint density at radius 1 is 0.909 bits per heavy atom. The van der Waals surface area contributed by atoms with E-state index < -0.39 is 0 Å². The highest BCUT2D eigenvalue weighted by molar-refractivity contribution is 5.83. The molecule has 0 radical (unpaired) electrons. The lowest BCUT2D eigenvalue weighted by atomic mass is 9.92. The van der Waals surface area contributed by atoms with Crippen molar-refractivity contribution >= 4 is 11.8 Å². The van der Waals surface area contributed by atoms with Gasteiger partial charge in [-0.15, -0.1) is 0 Å². The monoisotopic (exact) mass is 307 g/mol. The Balaban J connectivity index is 1.42. The molecule has 2 N–H and O–H groups in total. The van der Waals surface area contributed by atoms with Crippen LogP contribution in [0.2, 0.25) is 0 Å². The van der Waals surface area contributed by atoms with Crippen LogP contribution in [-0.4, -0.2) is 48.4 Å². The van der Waals surface area contributed by atoms with Crippen LogP contribution in [0.15, 0.2) is 0 Å². The Morgan fingerprint density at radius 2 is 1.64 bits per heavy atom. The topological polar surface area (TPSA) is 61.4 Å². The molecule has 0 aromatic heterocycles. The number of amides is 2. The molecule has 124 valence electrons. The normalized spacial score (nSPS) is 27.8. The van der Waals surface area contributed by atoms with Crippen LogP contribution in [0, 0.1) is 5.92 Å². The fourth-order valence-electron chi connectivity index (χ4n) is 4.04. The number of hydrogen-bond acceptors (Lipinski definition) is 3. The predicted molar refractivity (Wildman–Crippen MR) is 85.3 cm³/mol. The van der Waals surface area contributed by atoms with Crippen LogP contribution in [-0.2, 0) is 9.59 Å². The average Bonchev–Trinajstić information content (AvgIpc) is 3.10. The Hall–Kier alpha value is -1.10. The van der Waals surface area contributed by atoms with Gasteiger partial charge in [0.05, 0.1) is 6.04 Å². The van der Waals surface area contributed by atoms with Gasteiger partial charge in [0.15, 0.2) is 0 Å². The van der Waals surface area contributed by atoms with Crippen LogP contribution < -0.4 is 10.6 Å².